The molecule has 2 aromatic carbocycles. The van der Waals surface area contributed by atoms with E-state index in [9.17, 15) is 4.79 Å². The zero-order valence-electron chi connectivity index (χ0n) is 17.0. The Balaban J connectivity index is 1.38. The van der Waals surface area contributed by atoms with Crippen molar-refractivity contribution in [3.63, 3.8) is 0 Å². The van der Waals surface area contributed by atoms with E-state index in [2.05, 4.69) is 23.2 Å². The van der Waals surface area contributed by atoms with Crippen LogP contribution in [0.25, 0.3) is 0 Å². The second-order valence-electron chi connectivity index (χ2n) is 7.66. The van der Waals surface area contributed by atoms with Crippen molar-refractivity contribution in [1.29, 1.82) is 0 Å². The number of piperidine rings is 1. The van der Waals surface area contributed by atoms with Crippen LogP contribution in [0.3, 0.4) is 0 Å². The lowest BCUT2D eigenvalue weighted by atomic mass is 9.95. The van der Waals surface area contributed by atoms with Crippen LogP contribution in [0.4, 0.5) is 0 Å². The molecule has 0 radical (unpaired) electrons. The fourth-order valence-electron chi connectivity index (χ4n) is 3.70. The van der Waals surface area contributed by atoms with Gasteiger partial charge in [-0.2, -0.15) is 0 Å². The lowest BCUT2D eigenvalue weighted by molar-refractivity contribution is -0.126. The summed E-state index contributed by atoms with van der Waals surface area (Å²) >= 11 is 12.5. The zero-order chi connectivity index (χ0) is 20.8. The Morgan fingerprint density at radius 1 is 1.14 bits per heavy atom. The van der Waals surface area contributed by atoms with Gasteiger partial charge in [-0.1, -0.05) is 47.0 Å². The Bertz CT molecular complexity index is 829. The van der Waals surface area contributed by atoms with Crippen molar-refractivity contribution in [2.45, 2.75) is 33.2 Å². The molecule has 0 atom stereocenters. The first-order valence-corrected chi connectivity index (χ1v) is 10.8. The van der Waals surface area contributed by atoms with Crippen molar-refractivity contribution < 1.29 is 9.53 Å². The average Bonchev–Trinajstić information content (AvgIpc) is 2.70. The highest BCUT2D eigenvalue weighted by Gasteiger charge is 2.25. The van der Waals surface area contributed by atoms with Crippen molar-refractivity contribution in [3.8, 4) is 5.75 Å². The number of likely N-dealkylation sites (tertiary alicyclic amines) is 1. The second-order valence-corrected chi connectivity index (χ2v) is 8.47. The predicted molar refractivity (Wildman–Crippen MR) is 119 cm³/mol. The van der Waals surface area contributed by atoms with Crippen LogP contribution in [0.15, 0.2) is 36.4 Å². The maximum Gasteiger partial charge on any atom is 0.223 e. The first kappa shape index (κ1) is 21.9. The Hall–Kier alpha value is -1.75. The summed E-state index contributed by atoms with van der Waals surface area (Å²) in [6.45, 7) is 7.52. The summed E-state index contributed by atoms with van der Waals surface area (Å²) in [7, 11) is 0. The van der Waals surface area contributed by atoms with Gasteiger partial charge in [0.15, 0.2) is 0 Å². The van der Waals surface area contributed by atoms with Gasteiger partial charge in [0, 0.05) is 28.1 Å². The molecule has 1 aliphatic heterocycles. The highest BCUT2D eigenvalue weighted by atomic mass is 35.5. The number of amides is 1. The molecule has 1 saturated heterocycles. The molecule has 0 aliphatic carbocycles. The van der Waals surface area contributed by atoms with Gasteiger partial charge in [-0.3, -0.25) is 9.69 Å². The molecular weight excluding hydrogens is 407 g/mol. The summed E-state index contributed by atoms with van der Waals surface area (Å²) in [4.78, 5) is 14.8. The van der Waals surface area contributed by atoms with Gasteiger partial charge in [0.05, 0.1) is 6.54 Å². The number of hydrogen-bond acceptors (Lipinski definition) is 3. The van der Waals surface area contributed by atoms with Gasteiger partial charge in [0.1, 0.15) is 12.4 Å². The fourth-order valence-corrected chi connectivity index (χ4v) is 4.22. The number of carbonyl (C=O) groups excluding carboxylic acids is 1. The van der Waals surface area contributed by atoms with Gasteiger partial charge in [0.2, 0.25) is 5.91 Å². The topological polar surface area (TPSA) is 41.6 Å². The summed E-state index contributed by atoms with van der Waals surface area (Å²) < 4.78 is 5.79. The van der Waals surface area contributed by atoms with Crippen LogP contribution in [0.5, 0.6) is 5.75 Å². The molecular formula is C23H28Cl2N2O2. The van der Waals surface area contributed by atoms with E-state index in [0.29, 0.717) is 23.2 Å². The van der Waals surface area contributed by atoms with Crippen LogP contribution < -0.4 is 10.1 Å². The molecule has 0 unspecified atom stereocenters. The maximum absolute atomic E-state index is 12.5. The molecule has 1 fully saturated rings. The van der Waals surface area contributed by atoms with Crippen molar-refractivity contribution in [2.75, 3.05) is 26.2 Å². The first-order chi connectivity index (χ1) is 13.9. The average molecular weight is 435 g/mol. The van der Waals surface area contributed by atoms with E-state index in [1.54, 1.807) is 0 Å². The van der Waals surface area contributed by atoms with Crippen LogP contribution in [0.2, 0.25) is 10.0 Å². The fraction of sp³-hybridized carbons (Fsp3) is 0.435. The second kappa shape index (κ2) is 10.3. The first-order valence-electron chi connectivity index (χ1n) is 10.1. The Labute approximate surface area is 183 Å². The molecule has 3 rings (SSSR count). The zero-order valence-corrected chi connectivity index (χ0v) is 18.5. The van der Waals surface area contributed by atoms with Crippen LogP contribution in [0.1, 0.15) is 29.5 Å². The summed E-state index contributed by atoms with van der Waals surface area (Å²) in [5.74, 6) is 1.04. The summed E-state index contributed by atoms with van der Waals surface area (Å²) in [5, 5.41) is 4.40. The third-order valence-electron chi connectivity index (χ3n) is 5.39. The third kappa shape index (κ3) is 6.11. The van der Waals surface area contributed by atoms with Crippen LogP contribution >= 0.6 is 23.2 Å². The van der Waals surface area contributed by atoms with Crippen LogP contribution in [-0.4, -0.2) is 37.0 Å². The largest absolute Gasteiger partial charge is 0.491 e. The van der Waals surface area contributed by atoms with Gasteiger partial charge in [-0.25, -0.2) is 0 Å². The number of benzene rings is 2. The van der Waals surface area contributed by atoms with E-state index in [4.69, 9.17) is 27.9 Å². The van der Waals surface area contributed by atoms with E-state index < -0.39 is 0 Å². The Morgan fingerprint density at radius 2 is 1.83 bits per heavy atom. The Kier molecular flexibility index (Phi) is 7.82. The lowest BCUT2D eigenvalue weighted by Crippen LogP contribution is -2.41. The molecule has 0 aromatic heterocycles. The quantitative estimate of drug-likeness (QED) is 0.622. The monoisotopic (exact) mass is 434 g/mol. The van der Waals surface area contributed by atoms with Gasteiger partial charge < -0.3 is 10.1 Å². The standard InChI is InChI=1S/C23H28Cl2N2O2/c1-16-6-7-22(17(2)14-16)29-13-10-26-23(28)18-8-11-27(12-9-18)15-19-20(24)4-3-5-21(19)25/h3-7,14,18H,8-13,15H2,1-2H3,(H,26,28). The minimum atomic E-state index is 0.0501. The maximum atomic E-state index is 12.5. The molecule has 1 heterocycles. The number of aryl methyl sites for hydroxylation is 2. The van der Waals surface area contributed by atoms with E-state index in [0.717, 1.165) is 49.4 Å². The molecule has 1 aliphatic rings. The third-order valence-corrected chi connectivity index (χ3v) is 6.10. The molecule has 0 spiro atoms. The molecule has 4 nitrogen and oxygen atoms in total. The van der Waals surface area contributed by atoms with E-state index in [-0.39, 0.29) is 11.8 Å². The van der Waals surface area contributed by atoms with Gasteiger partial charge in [-0.05, 0) is 63.5 Å². The summed E-state index contributed by atoms with van der Waals surface area (Å²) in [6, 6.07) is 11.7. The summed E-state index contributed by atoms with van der Waals surface area (Å²) in [5.41, 5.74) is 3.29. The molecule has 156 valence electrons. The van der Waals surface area contributed by atoms with Crippen molar-refractivity contribution in [2.24, 2.45) is 5.92 Å². The number of ether oxygens (including phenoxy) is 1. The summed E-state index contributed by atoms with van der Waals surface area (Å²) in [6.07, 6.45) is 1.68. The van der Waals surface area contributed by atoms with Crippen molar-refractivity contribution >= 4 is 29.1 Å². The highest BCUT2D eigenvalue weighted by molar-refractivity contribution is 6.35. The lowest BCUT2D eigenvalue weighted by Gasteiger charge is -2.31. The molecule has 0 saturated carbocycles. The van der Waals surface area contributed by atoms with Crippen LogP contribution in [-0.2, 0) is 11.3 Å². The van der Waals surface area contributed by atoms with Gasteiger partial charge in [-0.15, -0.1) is 0 Å². The molecule has 2 aromatic rings. The van der Waals surface area contributed by atoms with E-state index in [1.165, 1.54) is 5.56 Å². The SMILES string of the molecule is Cc1ccc(OCCNC(=O)C2CCN(Cc3c(Cl)cccc3Cl)CC2)c(C)c1. The number of halogens is 2. The number of rotatable bonds is 7. The van der Waals surface area contributed by atoms with E-state index >= 15 is 0 Å². The van der Waals surface area contributed by atoms with Gasteiger partial charge in [0.25, 0.3) is 0 Å². The minimum Gasteiger partial charge on any atom is -0.491 e. The number of nitrogens with one attached hydrogen (secondary N) is 1. The predicted octanol–water partition coefficient (Wildman–Crippen LogP) is 5.02. The van der Waals surface area contributed by atoms with Crippen molar-refractivity contribution in [1.82, 2.24) is 10.2 Å². The van der Waals surface area contributed by atoms with Gasteiger partial charge >= 0.3 is 0 Å². The minimum absolute atomic E-state index is 0.0501. The smallest absolute Gasteiger partial charge is 0.223 e. The number of nitrogens with zero attached hydrogens (tertiary/aromatic N) is 1. The number of hydrogen-bond donors (Lipinski definition) is 1. The molecule has 6 heteroatoms. The molecule has 1 amide bonds. The highest BCUT2D eigenvalue weighted by Crippen LogP contribution is 2.27. The molecule has 29 heavy (non-hydrogen) atoms. The Morgan fingerprint density at radius 3 is 2.48 bits per heavy atom. The molecule has 0 bridgehead atoms. The van der Waals surface area contributed by atoms with Crippen LogP contribution in [0, 0.1) is 19.8 Å². The normalized spacial score (nSPS) is 15.3. The van der Waals surface area contributed by atoms with Crippen molar-refractivity contribution in [3.05, 3.63) is 63.1 Å². The van der Waals surface area contributed by atoms with E-state index in [1.807, 2.05) is 37.3 Å². The number of carbonyl (C=O) groups is 1. The molecule has 1 N–H and O–H groups in total.